The molecule has 0 radical (unpaired) electrons. The van der Waals surface area contributed by atoms with Crippen LogP contribution in [0.15, 0.2) is 42.7 Å². The fourth-order valence-corrected chi connectivity index (χ4v) is 3.85. The largest absolute Gasteiger partial charge is 0.497 e. The highest BCUT2D eigenvalue weighted by Crippen LogP contribution is 2.24. The molecule has 2 saturated heterocycles. The highest BCUT2D eigenvalue weighted by atomic mass is 16.5. The molecule has 3 heterocycles. The maximum Gasteiger partial charge on any atom is 0.255 e. The van der Waals surface area contributed by atoms with Gasteiger partial charge in [-0.05, 0) is 30.2 Å². The van der Waals surface area contributed by atoms with Crippen molar-refractivity contribution in [3.8, 4) is 16.9 Å². The van der Waals surface area contributed by atoms with E-state index in [9.17, 15) is 4.79 Å². The molecule has 0 spiro atoms. The monoisotopic (exact) mass is 367 g/mol. The molecule has 1 amide bonds. The third-order valence-corrected chi connectivity index (χ3v) is 5.42. The van der Waals surface area contributed by atoms with Crippen molar-refractivity contribution in [3.05, 3.63) is 48.3 Å². The van der Waals surface area contributed by atoms with Gasteiger partial charge in [-0.2, -0.15) is 0 Å². The van der Waals surface area contributed by atoms with E-state index >= 15 is 0 Å². The molecule has 2 aliphatic rings. The smallest absolute Gasteiger partial charge is 0.255 e. The van der Waals surface area contributed by atoms with Gasteiger partial charge in [0.05, 0.1) is 25.9 Å². The first kappa shape index (κ1) is 17.9. The van der Waals surface area contributed by atoms with E-state index in [1.807, 2.05) is 35.2 Å². The molecule has 1 aromatic carbocycles. The lowest BCUT2D eigenvalue weighted by Crippen LogP contribution is -2.45. The maximum absolute atomic E-state index is 13.0. The van der Waals surface area contributed by atoms with E-state index in [2.05, 4.69) is 9.88 Å². The minimum absolute atomic E-state index is 0.0635. The highest BCUT2D eigenvalue weighted by Gasteiger charge is 2.31. The molecule has 2 aliphatic heterocycles. The standard InChI is InChI=1S/C21H25N3O3/c1-26-20-4-2-16(3-5-20)17-12-18(14-22-13-17)21(25)24-7-6-19(15-24)23-8-10-27-11-9-23/h2-5,12-14,19H,6-11,15H2,1H3. The van der Waals surface area contributed by atoms with Crippen molar-refractivity contribution in [3.63, 3.8) is 0 Å². The van der Waals surface area contributed by atoms with Crippen LogP contribution in [0.2, 0.25) is 0 Å². The molecular formula is C21H25N3O3. The second-order valence-corrected chi connectivity index (χ2v) is 7.03. The number of likely N-dealkylation sites (tertiary alicyclic amines) is 1. The van der Waals surface area contributed by atoms with Crippen LogP contribution in [-0.2, 0) is 4.74 Å². The Labute approximate surface area is 159 Å². The Balaban J connectivity index is 1.46. The van der Waals surface area contributed by atoms with Crippen molar-refractivity contribution in [1.29, 1.82) is 0 Å². The third-order valence-electron chi connectivity index (χ3n) is 5.42. The second kappa shape index (κ2) is 8.06. The average molecular weight is 367 g/mol. The summed E-state index contributed by atoms with van der Waals surface area (Å²) in [7, 11) is 1.65. The van der Waals surface area contributed by atoms with Gasteiger partial charge >= 0.3 is 0 Å². The molecule has 0 N–H and O–H groups in total. The van der Waals surface area contributed by atoms with Crippen LogP contribution in [0.3, 0.4) is 0 Å². The van der Waals surface area contributed by atoms with Gasteiger partial charge in [-0.3, -0.25) is 14.7 Å². The minimum Gasteiger partial charge on any atom is -0.497 e. The van der Waals surface area contributed by atoms with E-state index < -0.39 is 0 Å². The Morgan fingerprint density at radius 3 is 2.63 bits per heavy atom. The van der Waals surface area contributed by atoms with Crippen LogP contribution in [0.25, 0.3) is 11.1 Å². The van der Waals surface area contributed by atoms with E-state index in [0.29, 0.717) is 11.6 Å². The molecule has 2 aromatic rings. The Morgan fingerprint density at radius 1 is 1.11 bits per heavy atom. The zero-order valence-electron chi connectivity index (χ0n) is 15.6. The van der Waals surface area contributed by atoms with Crippen LogP contribution < -0.4 is 4.74 Å². The Hall–Kier alpha value is -2.44. The predicted octanol–water partition coefficient (Wildman–Crippen LogP) is 2.30. The first-order chi connectivity index (χ1) is 13.2. The summed E-state index contributed by atoms with van der Waals surface area (Å²) in [5, 5.41) is 0. The predicted molar refractivity (Wildman–Crippen MR) is 103 cm³/mol. The van der Waals surface area contributed by atoms with Crippen LogP contribution >= 0.6 is 0 Å². The summed E-state index contributed by atoms with van der Waals surface area (Å²) >= 11 is 0. The molecule has 27 heavy (non-hydrogen) atoms. The number of hydrogen-bond acceptors (Lipinski definition) is 5. The molecule has 1 aromatic heterocycles. The van der Waals surface area contributed by atoms with Crippen LogP contribution in [0.4, 0.5) is 0 Å². The van der Waals surface area contributed by atoms with Crippen molar-refractivity contribution < 1.29 is 14.3 Å². The molecule has 2 fully saturated rings. The van der Waals surface area contributed by atoms with Gasteiger partial charge in [0, 0.05) is 50.2 Å². The third kappa shape index (κ3) is 3.96. The number of pyridine rings is 1. The zero-order chi connectivity index (χ0) is 18.6. The number of benzene rings is 1. The van der Waals surface area contributed by atoms with Crippen LogP contribution in [0.1, 0.15) is 16.8 Å². The van der Waals surface area contributed by atoms with Gasteiger partial charge in [-0.25, -0.2) is 0 Å². The number of nitrogens with zero attached hydrogens (tertiary/aromatic N) is 3. The van der Waals surface area contributed by atoms with Gasteiger partial charge in [0.1, 0.15) is 5.75 Å². The van der Waals surface area contributed by atoms with Gasteiger partial charge in [0.2, 0.25) is 0 Å². The maximum atomic E-state index is 13.0. The van der Waals surface area contributed by atoms with E-state index in [1.54, 1.807) is 19.5 Å². The Morgan fingerprint density at radius 2 is 1.89 bits per heavy atom. The SMILES string of the molecule is COc1ccc(-c2cncc(C(=O)N3CCC(N4CCOCC4)C3)c2)cc1. The van der Waals surface area contributed by atoms with Gasteiger partial charge in [-0.1, -0.05) is 12.1 Å². The van der Waals surface area contributed by atoms with Crippen LogP contribution in [0, 0.1) is 0 Å². The minimum atomic E-state index is 0.0635. The van der Waals surface area contributed by atoms with E-state index in [4.69, 9.17) is 9.47 Å². The van der Waals surface area contributed by atoms with Gasteiger partial charge in [-0.15, -0.1) is 0 Å². The molecule has 0 saturated carbocycles. The average Bonchev–Trinajstić information content (AvgIpc) is 3.24. The second-order valence-electron chi connectivity index (χ2n) is 7.03. The summed E-state index contributed by atoms with van der Waals surface area (Å²) in [6.07, 6.45) is 4.48. The number of rotatable bonds is 4. The number of aromatic nitrogens is 1. The fourth-order valence-electron chi connectivity index (χ4n) is 3.85. The lowest BCUT2D eigenvalue weighted by atomic mass is 10.1. The number of carbonyl (C=O) groups excluding carboxylic acids is 1. The quantitative estimate of drug-likeness (QED) is 0.830. The lowest BCUT2D eigenvalue weighted by molar-refractivity contribution is 0.0185. The van der Waals surface area contributed by atoms with E-state index in [0.717, 1.165) is 62.7 Å². The number of methoxy groups -OCH3 is 1. The number of hydrogen-bond donors (Lipinski definition) is 0. The van der Waals surface area contributed by atoms with Gasteiger partial charge in [0.25, 0.3) is 5.91 Å². The summed E-state index contributed by atoms with van der Waals surface area (Å²) in [5.41, 5.74) is 2.60. The molecular weight excluding hydrogens is 342 g/mol. The Bertz CT molecular complexity index is 788. The summed E-state index contributed by atoms with van der Waals surface area (Å²) in [6.45, 7) is 5.08. The van der Waals surface area contributed by atoms with Crippen molar-refractivity contribution in [2.24, 2.45) is 0 Å². The van der Waals surface area contributed by atoms with Crippen molar-refractivity contribution in [1.82, 2.24) is 14.8 Å². The molecule has 0 aliphatic carbocycles. The molecule has 6 heteroatoms. The van der Waals surface area contributed by atoms with Crippen LogP contribution in [0.5, 0.6) is 5.75 Å². The lowest BCUT2D eigenvalue weighted by Gasteiger charge is -2.32. The van der Waals surface area contributed by atoms with E-state index in [-0.39, 0.29) is 5.91 Å². The van der Waals surface area contributed by atoms with Crippen molar-refractivity contribution in [2.75, 3.05) is 46.5 Å². The normalized spacial score (nSPS) is 20.6. The van der Waals surface area contributed by atoms with E-state index in [1.165, 1.54) is 0 Å². The number of amides is 1. The summed E-state index contributed by atoms with van der Waals surface area (Å²) in [6, 6.07) is 10.2. The van der Waals surface area contributed by atoms with Gasteiger partial charge in [0.15, 0.2) is 0 Å². The van der Waals surface area contributed by atoms with Crippen molar-refractivity contribution in [2.45, 2.75) is 12.5 Å². The fraction of sp³-hybridized carbons (Fsp3) is 0.429. The first-order valence-corrected chi connectivity index (χ1v) is 9.45. The number of ether oxygens (including phenoxy) is 2. The number of morpholine rings is 1. The topological polar surface area (TPSA) is 54.9 Å². The zero-order valence-corrected chi connectivity index (χ0v) is 15.6. The van der Waals surface area contributed by atoms with Crippen molar-refractivity contribution >= 4 is 5.91 Å². The Kier molecular flexibility index (Phi) is 5.36. The summed E-state index contributed by atoms with van der Waals surface area (Å²) in [5.74, 6) is 0.874. The summed E-state index contributed by atoms with van der Waals surface area (Å²) in [4.78, 5) is 21.7. The molecule has 142 valence electrons. The summed E-state index contributed by atoms with van der Waals surface area (Å²) < 4.78 is 10.6. The molecule has 1 atom stereocenters. The molecule has 6 nitrogen and oxygen atoms in total. The first-order valence-electron chi connectivity index (χ1n) is 9.45. The van der Waals surface area contributed by atoms with Gasteiger partial charge < -0.3 is 14.4 Å². The van der Waals surface area contributed by atoms with Crippen LogP contribution in [-0.4, -0.2) is 73.2 Å². The molecule has 0 bridgehead atoms. The molecule has 4 rings (SSSR count). The highest BCUT2D eigenvalue weighted by molar-refractivity contribution is 5.95. The molecule has 1 unspecified atom stereocenters. The number of carbonyl (C=O) groups is 1.